The Hall–Kier alpha value is -1.91. The number of aldehydes is 1. The molecule has 1 aromatic carbocycles. The fourth-order valence-corrected chi connectivity index (χ4v) is 1.31. The molecule has 0 radical (unpaired) electrons. The fraction of sp³-hybridized carbons (Fsp3) is 0.364. The van der Waals surface area contributed by atoms with Gasteiger partial charge < -0.3 is 4.90 Å². The maximum atomic E-state index is 10.8. The van der Waals surface area contributed by atoms with Gasteiger partial charge in [0.25, 0.3) is 5.69 Å². The molecule has 0 amide bonds. The normalized spacial score (nSPS) is 10.2. The van der Waals surface area contributed by atoms with E-state index in [4.69, 9.17) is 0 Å². The monoisotopic (exact) mass is 222 g/mol. The number of rotatable bonds is 4. The first-order chi connectivity index (χ1) is 7.47. The van der Waals surface area contributed by atoms with E-state index < -0.39 is 4.92 Å². The van der Waals surface area contributed by atoms with E-state index in [0.29, 0.717) is 6.29 Å². The van der Waals surface area contributed by atoms with E-state index in [1.165, 1.54) is 12.1 Å². The summed E-state index contributed by atoms with van der Waals surface area (Å²) < 4.78 is 0. The molecule has 0 atom stereocenters. The summed E-state index contributed by atoms with van der Waals surface area (Å²) in [6.45, 7) is 3.97. The van der Waals surface area contributed by atoms with Crippen LogP contribution in [0.25, 0.3) is 0 Å². The Morgan fingerprint density at radius 3 is 2.50 bits per heavy atom. The first-order valence-corrected chi connectivity index (χ1v) is 4.93. The average molecular weight is 222 g/mol. The van der Waals surface area contributed by atoms with E-state index >= 15 is 0 Å². The highest BCUT2D eigenvalue weighted by atomic mass is 16.6. The lowest BCUT2D eigenvalue weighted by molar-refractivity contribution is -0.385. The van der Waals surface area contributed by atoms with Crippen molar-refractivity contribution in [1.29, 1.82) is 0 Å². The quantitative estimate of drug-likeness (QED) is 0.445. The van der Waals surface area contributed by atoms with Gasteiger partial charge in [0.15, 0.2) is 6.29 Å². The third-order valence-electron chi connectivity index (χ3n) is 2.52. The summed E-state index contributed by atoms with van der Waals surface area (Å²) in [5, 5.41) is 10.8. The van der Waals surface area contributed by atoms with Gasteiger partial charge in [0.05, 0.1) is 10.5 Å². The van der Waals surface area contributed by atoms with Gasteiger partial charge >= 0.3 is 0 Å². The minimum absolute atomic E-state index is 0.103. The summed E-state index contributed by atoms with van der Waals surface area (Å²) in [7, 11) is 1.85. The second-order valence-corrected chi connectivity index (χ2v) is 3.82. The molecule has 0 saturated heterocycles. The molecule has 0 aromatic heterocycles. The molecule has 0 aliphatic carbocycles. The summed E-state index contributed by atoms with van der Waals surface area (Å²) in [5.74, 6) is 0. The Labute approximate surface area is 93.8 Å². The first-order valence-electron chi connectivity index (χ1n) is 4.93. The van der Waals surface area contributed by atoms with Crippen molar-refractivity contribution >= 4 is 17.7 Å². The van der Waals surface area contributed by atoms with Crippen LogP contribution in [0.5, 0.6) is 0 Å². The number of anilines is 1. The summed E-state index contributed by atoms with van der Waals surface area (Å²) in [6, 6.07) is 4.83. The molecule has 86 valence electrons. The third-order valence-corrected chi connectivity index (χ3v) is 2.52. The molecule has 0 heterocycles. The van der Waals surface area contributed by atoms with E-state index in [1.807, 2.05) is 25.8 Å². The summed E-state index contributed by atoms with van der Waals surface area (Å²) in [4.78, 5) is 22.7. The van der Waals surface area contributed by atoms with Crippen molar-refractivity contribution in [2.45, 2.75) is 19.9 Å². The van der Waals surface area contributed by atoms with Crippen molar-refractivity contribution in [3.05, 3.63) is 33.9 Å². The Morgan fingerprint density at radius 2 is 2.06 bits per heavy atom. The zero-order valence-electron chi connectivity index (χ0n) is 9.51. The first kappa shape index (κ1) is 12.2. The lowest BCUT2D eigenvalue weighted by Crippen LogP contribution is -2.25. The van der Waals surface area contributed by atoms with Crippen molar-refractivity contribution in [2.24, 2.45) is 0 Å². The van der Waals surface area contributed by atoms with Crippen LogP contribution in [0.2, 0.25) is 0 Å². The molecule has 16 heavy (non-hydrogen) atoms. The van der Waals surface area contributed by atoms with Crippen molar-refractivity contribution in [3.8, 4) is 0 Å². The van der Waals surface area contributed by atoms with Crippen LogP contribution in [0, 0.1) is 10.1 Å². The molecule has 0 N–H and O–H groups in total. The van der Waals surface area contributed by atoms with Gasteiger partial charge in [0.2, 0.25) is 0 Å². The van der Waals surface area contributed by atoms with E-state index in [9.17, 15) is 14.9 Å². The van der Waals surface area contributed by atoms with Crippen LogP contribution in [-0.4, -0.2) is 24.3 Å². The van der Waals surface area contributed by atoms with Crippen molar-refractivity contribution in [1.82, 2.24) is 0 Å². The smallest absolute Gasteiger partial charge is 0.281 e. The number of hydrogen-bond donors (Lipinski definition) is 0. The van der Waals surface area contributed by atoms with Gasteiger partial charge in [-0.1, -0.05) is 0 Å². The van der Waals surface area contributed by atoms with Gasteiger partial charge in [-0.05, 0) is 26.0 Å². The average Bonchev–Trinajstić information content (AvgIpc) is 2.26. The molecule has 0 saturated carbocycles. The number of hydrogen-bond acceptors (Lipinski definition) is 4. The molecule has 0 aliphatic rings. The Bertz CT molecular complexity index is 416. The predicted octanol–water partition coefficient (Wildman–Crippen LogP) is 2.25. The second kappa shape index (κ2) is 4.74. The van der Waals surface area contributed by atoms with Gasteiger partial charge in [-0.3, -0.25) is 14.9 Å². The maximum absolute atomic E-state index is 10.8. The number of carbonyl (C=O) groups excluding carboxylic acids is 1. The van der Waals surface area contributed by atoms with Gasteiger partial charge in [-0.15, -0.1) is 0 Å². The number of nitro benzene ring substituents is 1. The largest absolute Gasteiger partial charge is 0.372 e. The molecule has 5 nitrogen and oxygen atoms in total. The predicted molar refractivity (Wildman–Crippen MR) is 62.0 cm³/mol. The number of carbonyl (C=O) groups is 1. The lowest BCUT2D eigenvalue weighted by Gasteiger charge is -2.23. The zero-order valence-corrected chi connectivity index (χ0v) is 9.51. The minimum Gasteiger partial charge on any atom is -0.372 e. The maximum Gasteiger partial charge on any atom is 0.281 e. The molecule has 0 unspecified atom stereocenters. The second-order valence-electron chi connectivity index (χ2n) is 3.82. The van der Waals surface area contributed by atoms with E-state index in [-0.39, 0.29) is 17.3 Å². The minimum atomic E-state index is -0.540. The molecule has 5 heteroatoms. The number of nitrogens with zero attached hydrogens (tertiary/aromatic N) is 2. The molecule has 1 aromatic rings. The Balaban J connectivity index is 3.21. The van der Waals surface area contributed by atoms with E-state index in [0.717, 1.165) is 5.69 Å². The highest BCUT2D eigenvalue weighted by Gasteiger charge is 2.16. The topological polar surface area (TPSA) is 63.5 Å². The summed E-state index contributed by atoms with van der Waals surface area (Å²) in [5.41, 5.74) is 0.679. The highest BCUT2D eigenvalue weighted by molar-refractivity contribution is 5.82. The fourth-order valence-electron chi connectivity index (χ4n) is 1.31. The molecular weight excluding hydrogens is 208 g/mol. The van der Waals surface area contributed by atoms with Crippen molar-refractivity contribution < 1.29 is 9.72 Å². The molecule has 0 bridgehead atoms. The highest BCUT2D eigenvalue weighted by Crippen LogP contribution is 2.24. The van der Waals surface area contributed by atoms with Gasteiger partial charge in [0.1, 0.15) is 0 Å². The molecular formula is C11H14N2O3. The van der Waals surface area contributed by atoms with Crippen LogP contribution in [-0.2, 0) is 0 Å². The molecule has 0 spiro atoms. The number of benzene rings is 1. The van der Waals surface area contributed by atoms with Crippen LogP contribution in [0.3, 0.4) is 0 Å². The van der Waals surface area contributed by atoms with Gasteiger partial charge in [-0.25, -0.2) is 0 Å². The summed E-state index contributed by atoms with van der Waals surface area (Å²) in [6.07, 6.45) is 0.497. The van der Waals surface area contributed by atoms with Crippen molar-refractivity contribution in [2.75, 3.05) is 11.9 Å². The molecule has 0 aliphatic heterocycles. The van der Waals surface area contributed by atoms with Crippen LogP contribution in [0.4, 0.5) is 11.4 Å². The molecule has 0 fully saturated rings. The molecule has 1 rings (SSSR count). The van der Waals surface area contributed by atoms with Crippen LogP contribution < -0.4 is 4.90 Å². The third kappa shape index (κ3) is 2.36. The van der Waals surface area contributed by atoms with Crippen LogP contribution in [0.15, 0.2) is 18.2 Å². The SMILES string of the molecule is CC(C)N(C)c1ccc(C=O)c([N+](=O)[O-])c1. The Kier molecular flexibility index (Phi) is 3.60. The summed E-state index contributed by atoms with van der Waals surface area (Å²) >= 11 is 0. The van der Waals surface area contributed by atoms with Crippen LogP contribution >= 0.6 is 0 Å². The van der Waals surface area contributed by atoms with Crippen LogP contribution in [0.1, 0.15) is 24.2 Å². The lowest BCUT2D eigenvalue weighted by atomic mass is 10.1. The van der Waals surface area contributed by atoms with Gasteiger partial charge in [-0.2, -0.15) is 0 Å². The zero-order chi connectivity index (χ0) is 12.3. The van der Waals surface area contributed by atoms with E-state index in [2.05, 4.69) is 0 Å². The Morgan fingerprint density at radius 1 is 1.44 bits per heavy atom. The number of nitro groups is 1. The van der Waals surface area contributed by atoms with Gasteiger partial charge in [0, 0.05) is 24.8 Å². The van der Waals surface area contributed by atoms with E-state index in [1.54, 1.807) is 6.07 Å². The standard InChI is InChI=1S/C11H14N2O3/c1-8(2)12(3)10-5-4-9(7-14)11(6-10)13(15)16/h4-8H,1-3H3. The van der Waals surface area contributed by atoms with Crippen molar-refractivity contribution in [3.63, 3.8) is 0 Å².